The van der Waals surface area contributed by atoms with Crippen molar-refractivity contribution in [2.45, 2.75) is 45.3 Å². The highest BCUT2D eigenvalue weighted by molar-refractivity contribution is 5.97. The van der Waals surface area contributed by atoms with Gasteiger partial charge >= 0.3 is 5.97 Å². The Morgan fingerprint density at radius 3 is 2.79 bits per heavy atom. The Morgan fingerprint density at radius 1 is 1.42 bits per heavy atom. The zero-order valence-corrected chi connectivity index (χ0v) is 11.2. The average molecular weight is 262 g/mol. The standard InChI is InChI=1S/C15H18O4/c1-7-9(16)4-5-15(3)6-10-11(13(17)12(7)15)8(2)14(18)19-10/h10-11,13,17H,2,4-6H2,1,3H3/t10-,11-,13+,15-/m1/s1. The van der Waals surface area contributed by atoms with Gasteiger partial charge in [0.1, 0.15) is 6.10 Å². The van der Waals surface area contributed by atoms with Gasteiger partial charge in [-0.1, -0.05) is 13.5 Å². The second kappa shape index (κ2) is 3.79. The number of allylic oxidation sites excluding steroid dienone is 1. The molecule has 1 saturated heterocycles. The van der Waals surface area contributed by atoms with Crippen LogP contribution < -0.4 is 0 Å². The van der Waals surface area contributed by atoms with Crippen molar-refractivity contribution in [3.05, 3.63) is 23.3 Å². The number of hydrogen-bond donors (Lipinski definition) is 1. The molecule has 0 aromatic rings. The van der Waals surface area contributed by atoms with Gasteiger partial charge in [0.15, 0.2) is 5.78 Å². The maximum Gasteiger partial charge on any atom is 0.334 e. The molecule has 0 spiro atoms. The number of esters is 1. The number of Topliss-reactive ketones (excluding diaryl/α,β-unsaturated/α-hetero) is 1. The van der Waals surface area contributed by atoms with E-state index in [0.29, 0.717) is 30.4 Å². The zero-order chi connectivity index (χ0) is 13.9. The second-order valence-corrected chi connectivity index (χ2v) is 6.17. The van der Waals surface area contributed by atoms with Gasteiger partial charge in [0.2, 0.25) is 0 Å². The van der Waals surface area contributed by atoms with E-state index in [4.69, 9.17) is 4.74 Å². The predicted molar refractivity (Wildman–Crippen MR) is 68.2 cm³/mol. The highest BCUT2D eigenvalue weighted by atomic mass is 16.6. The number of ether oxygens (including phenoxy) is 1. The summed E-state index contributed by atoms with van der Waals surface area (Å²) in [6.45, 7) is 7.56. The lowest BCUT2D eigenvalue weighted by molar-refractivity contribution is -0.142. The lowest BCUT2D eigenvalue weighted by atomic mass is 9.59. The first-order valence-corrected chi connectivity index (χ1v) is 6.67. The van der Waals surface area contributed by atoms with Crippen LogP contribution in [-0.4, -0.2) is 29.1 Å². The maximum atomic E-state index is 11.9. The third-order valence-electron chi connectivity index (χ3n) is 4.99. The molecule has 0 bridgehead atoms. The molecule has 1 heterocycles. The van der Waals surface area contributed by atoms with E-state index in [1.165, 1.54) is 0 Å². The Kier molecular flexibility index (Phi) is 2.52. The van der Waals surface area contributed by atoms with Gasteiger partial charge in [-0.3, -0.25) is 4.79 Å². The quantitative estimate of drug-likeness (QED) is 0.531. The smallest absolute Gasteiger partial charge is 0.334 e. The SMILES string of the molecule is C=C1C(=O)O[C@@H]2C[C@@]3(C)CCC(=O)C(C)=C3[C@@H](O)[C@H]12. The van der Waals surface area contributed by atoms with Crippen LogP contribution in [0.2, 0.25) is 0 Å². The zero-order valence-electron chi connectivity index (χ0n) is 11.2. The molecule has 0 unspecified atom stereocenters. The van der Waals surface area contributed by atoms with Crippen LogP contribution in [0, 0.1) is 11.3 Å². The number of ketones is 1. The Labute approximate surface area is 112 Å². The van der Waals surface area contributed by atoms with Crippen LogP contribution >= 0.6 is 0 Å². The molecular weight excluding hydrogens is 244 g/mol. The van der Waals surface area contributed by atoms with Gasteiger partial charge in [-0.25, -0.2) is 4.79 Å². The van der Waals surface area contributed by atoms with E-state index in [-0.39, 0.29) is 17.3 Å². The minimum atomic E-state index is -0.827. The molecule has 4 heteroatoms. The van der Waals surface area contributed by atoms with Crippen LogP contribution in [0.1, 0.15) is 33.1 Å². The van der Waals surface area contributed by atoms with E-state index >= 15 is 0 Å². The van der Waals surface area contributed by atoms with Gasteiger partial charge in [0.05, 0.1) is 12.0 Å². The van der Waals surface area contributed by atoms with Gasteiger partial charge < -0.3 is 9.84 Å². The average Bonchev–Trinajstić information content (AvgIpc) is 2.60. The molecule has 4 atom stereocenters. The second-order valence-electron chi connectivity index (χ2n) is 6.17. The summed E-state index contributed by atoms with van der Waals surface area (Å²) in [7, 11) is 0. The van der Waals surface area contributed by atoms with Crippen LogP contribution in [0.5, 0.6) is 0 Å². The number of carbonyl (C=O) groups is 2. The van der Waals surface area contributed by atoms with Crippen molar-refractivity contribution in [1.29, 1.82) is 0 Å². The van der Waals surface area contributed by atoms with Crippen LogP contribution in [0.4, 0.5) is 0 Å². The minimum absolute atomic E-state index is 0.0980. The highest BCUT2D eigenvalue weighted by Crippen LogP contribution is 2.54. The van der Waals surface area contributed by atoms with Gasteiger partial charge in [-0.15, -0.1) is 0 Å². The first-order valence-electron chi connectivity index (χ1n) is 6.67. The molecule has 0 radical (unpaired) electrons. The summed E-state index contributed by atoms with van der Waals surface area (Å²) in [4.78, 5) is 23.5. The molecule has 102 valence electrons. The summed E-state index contributed by atoms with van der Waals surface area (Å²) < 4.78 is 5.32. The lowest BCUT2D eigenvalue weighted by Crippen LogP contribution is -2.47. The van der Waals surface area contributed by atoms with Crippen molar-refractivity contribution >= 4 is 11.8 Å². The van der Waals surface area contributed by atoms with E-state index in [0.717, 1.165) is 5.57 Å². The van der Waals surface area contributed by atoms with Crippen molar-refractivity contribution in [2.75, 3.05) is 0 Å². The first kappa shape index (κ1) is 12.6. The van der Waals surface area contributed by atoms with Crippen molar-refractivity contribution in [1.82, 2.24) is 0 Å². The fourth-order valence-corrected chi connectivity index (χ4v) is 3.94. The molecule has 0 aromatic carbocycles. The Balaban J connectivity index is 2.11. The lowest BCUT2D eigenvalue weighted by Gasteiger charge is -2.47. The molecule has 0 aromatic heterocycles. The Morgan fingerprint density at radius 2 is 2.11 bits per heavy atom. The number of carbonyl (C=O) groups excluding carboxylic acids is 2. The van der Waals surface area contributed by atoms with Crippen LogP contribution in [0.15, 0.2) is 23.3 Å². The third kappa shape index (κ3) is 1.56. The third-order valence-corrected chi connectivity index (χ3v) is 4.99. The fraction of sp³-hybridized carbons (Fsp3) is 0.600. The van der Waals surface area contributed by atoms with E-state index in [9.17, 15) is 14.7 Å². The molecule has 2 fully saturated rings. The monoisotopic (exact) mass is 262 g/mol. The number of hydrogen-bond acceptors (Lipinski definition) is 4. The molecule has 4 nitrogen and oxygen atoms in total. The molecule has 1 aliphatic heterocycles. The van der Waals surface area contributed by atoms with E-state index in [2.05, 4.69) is 6.58 Å². The molecule has 19 heavy (non-hydrogen) atoms. The fourth-order valence-electron chi connectivity index (χ4n) is 3.94. The highest BCUT2D eigenvalue weighted by Gasteiger charge is 2.55. The summed E-state index contributed by atoms with van der Waals surface area (Å²) in [5, 5.41) is 10.6. The number of aliphatic hydroxyl groups is 1. The van der Waals surface area contributed by atoms with Crippen molar-refractivity contribution in [3.63, 3.8) is 0 Å². The largest absolute Gasteiger partial charge is 0.458 e. The topological polar surface area (TPSA) is 63.6 Å². The summed E-state index contributed by atoms with van der Waals surface area (Å²) in [5.41, 5.74) is 1.54. The summed E-state index contributed by atoms with van der Waals surface area (Å²) in [5.74, 6) is -0.710. The summed E-state index contributed by atoms with van der Waals surface area (Å²) in [6, 6.07) is 0. The number of rotatable bonds is 0. The predicted octanol–water partition coefficient (Wildman–Crippen LogP) is 1.53. The normalized spacial score (nSPS) is 42.1. The van der Waals surface area contributed by atoms with E-state index in [1.54, 1.807) is 6.92 Å². The number of fused-ring (bicyclic) bond motifs is 2. The van der Waals surface area contributed by atoms with Gasteiger partial charge in [-0.05, 0) is 36.3 Å². The van der Waals surface area contributed by atoms with Gasteiger partial charge in [-0.2, -0.15) is 0 Å². The van der Waals surface area contributed by atoms with Crippen molar-refractivity contribution in [2.24, 2.45) is 11.3 Å². The Hall–Kier alpha value is -1.42. The summed E-state index contributed by atoms with van der Waals surface area (Å²) in [6.07, 6.45) is 0.754. The Bertz CT molecular complexity index is 530. The first-order chi connectivity index (χ1) is 8.85. The molecule has 3 aliphatic rings. The molecule has 1 N–H and O–H groups in total. The molecule has 1 saturated carbocycles. The molecule has 3 rings (SSSR count). The molecular formula is C15H18O4. The van der Waals surface area contributed by atoms with E-state index < -0.39 is 18.0 Å². The number of aliphatic hydroxyl groups excluding tert-OH is 1. The van der Waals surface area contributed by atoms with Crippen molar-refractivity contribution in [3.8, 4) is 0 Å². The summed E-state index contributed by atoms with van der Waals surface area (Å²) >= 11 is 0. The minimum Gasteiger partial charge on any atom is -0.458 e. The molecule has 2 aliphatic carbocycles. The van der Waals surface area contributed by atoms with Gasteiger partial charge in [0, 0.05) is 12.0 Å². The van der Waals surface area contributed by atoms with Gasteiger partial charge in [0.25, 0.3) is 0 Å². The van der Waals surface area contributed by atoms with Crippen molar-refractivity contribution < 1.29 is 19.4 Å². The van der Waals surface area contributed by atoms with E-state index in [1.807, 2.05) is 6.92 Å². The maximum absolute atomic E-state index is 11.9. The van der Waals surface area contributed by atoms with Crippen LogP contribution in [-0.2, 0) is 14.3 Å². The van der Waals surface area contributed by atoms with Crippen LogP contribution in [0.25, 0.3) is 0 Å². The molecule has 0 amide bonds. The van der Waals surface area contributed by atoms with Crippen LogP contribution in [0.3, 0.4) is 0 Å².